The molecule has 174 valence electrons. The Hall–Kier alpha value is -2.84. The van der Waals surface area contributed by atoms with Crippen LogP contribution < -0.4 is 20.1 Å². The van der Waals surface area contributed by atoms with E-state index in [1.54, 1.807) is 19.2 Å². The molecule has 0 amide bonds. The fourth-order valence-electron chi connectivity index (χ4n) is 3.30. The Labute approximate surface area is 189 Å². The third kappa shape index (κ3) is 8.36. The Kier molecular flexibility index (Phi) is 9.59. The molecule has 7 nitrogen and oxygen atoms in total. The summed E-state index contributed by atoms with van der Waals surface area (Å²) >= 11 is 0. The maximum atomic E-state index is 13.0. The Balaban J connectivity index is 1.38. The Morgan fingerprint density at radius 2 is 1.91 bits per heavy atom. The van der Waals surface area contributed by atoms with Crippen molar-refractivity contribution in [2.75, 3.05) is 53.0 Å². The van der Waals surface area contributed by atoms with Crippen LogP contribution in [0.1, 0.15) is 12.5 Å². The van der Waals surface area contributed by atoms with Gasteiger partial charge in [-0.25, -0.2) is 4.39 Å². The molecule has 1 aliphatic heterocycles. The van der Waals surface area contributed by atoms with Crippen LogP contribution in [-0.4, -0.2) is 70.0 Å². The van der Waals surface area contributed by atoms with E-state index in [4.69, 9.17) is 14.2 Å². The van der Waals surface area contributed by atoms with Crippen LogP contribution in [0.15, 0.2) is 53.5 Å². The first-order chi connectivity index (χ1) is 15.6. The summed E-state index contributed by atoms with van der Waals surface area (Å²) in [5.74, 6) is 1.90. The van der Waals surface area contributed by atoms with E-state index in [1.807, 2.05) is 25.1 Å². The quantitative estimate of drug-likeness (QED) is 0.434. The van der Waals surface area contributed by atoms with Gasteiger partial charge in [0.1, 0.15) is 30.0 Å². The number of halogens is 1. The van der Waals surface area contributed by atoms with Crippen molar-refractivity contribution < 1.29 is 18.6 Å². The van der Waals surface area contributed by atoms with Crippen molar-refractivity contribution in [2.45, 2.75) is 19.6 Å². The largest absolute Gasteiger partial charge is 0.492 e. The van der Waals surface area contributed by atoms with Crippen LogP contribution in [0.4, 0.5) is 4.39 Å². The van der Waals surface area contributed by atoms with Crippen molar-refractivity contribution in [3.8, 4) is 11.5 Å². The minimum Gasteiger partial charge on any atom is -0.492 e. The summed E-state index contributed by atoms with van der Waals surface area (Å²) in [4.78, 5) is 6.61. The normalized spacial score (nSPS) is 15.8. The number of nitrogens with one attached hydrogen (secondary N) is 2. The van der Waals surface area contributed by atoms with E-state index in [0.29, 0.717) is 31.4 Å². The van der Waals surface area contributed by atoms with Crippen molar-refractivity contribution in [1.29, 1.82) is 0 Å². The number of ether oxygens (including phenoxy) is 3. The highest BCUT2D eigenvalue weighted by atomic mass is 19.1. The second-order valence-electron chi connectivity index (χ2n) is 7.64. The molecule has 1 aliphatic rings. The first-order valence-electron chi connectivity index (χ1n) is 11.0. The molecule has 8 heteroatoms. The molecule has 0 bridgehead atoms. The zero-order valence-corrected chi connectivity index (χ0v) is 18.9. The Bertz CT molecular complexity index is 841. The summed E-state index contributed by atoms with van der Waals surface area (Å²) in [7, 11) is 1.73. The molecule has 2 N–H and O–H groups in total. The smallest absolute Gasteiger partial charge is 0.191 e. The first kappa shape index (κ1) is 23.8. The molecule has 1 atom stereocenters. The molecular formula is C24H33FN4O3. The van der Waals surface area contributed by atoms with Crippen molar-refractivity contribution in [3.63, 3.8) is 0 Å². The molecule has 32 heavy (non-hydrogen) atoms. The highest BCUT2D eigenvalue weighted by Crippen LogP contribution is 2.14. The first-order valence-corrected chi connectivity index (χ1v) is 11.0. The molecule has 0 spiro atoms. The topological polar surface area (TPSA) is 67.4 Å². The van der Waals surface area contributed by atoms with Crippen LogP contribution >= 0.6 is 0 Å². The lowest BCUT2D eigenvalue weighted by Gasteiger charge is -2.26. The zero-order chi connectivity index (χ0) is 22.6. The van der Waals surface area contributed by atoms with Crippen LogP contribution in [0.5, 0.6) is 11.5 Å². The molecule has 2 aromatic rings. The molecule has 1 heterocycles. The number of rotatable bonds is 10. The predicted molar refractivity (Wildman–Crippen MR) is 124 cm³/mol. The molecule has 0 radical (unpaired) electrons. The van der Waals surface area contributed by atoms with Gasteiger partial charge in [0.2, 0.25) is 0 Å². The van der Waals surface area contributed by atoms with Gasteiger partial charge in [-0.1, -0.05) is 12.1 Å². The molecule has 0 saturated carbocycles. The SMILES string of the molecule is CN=C(NCc1cccc(OCCN2CCOCC2)c1)NCC(C)Oc1ccc(F)cc1. The fraction of sp³-hybridized carbons (Fsp3) is 0.458. The van der Waals surface area contributed by atoms with Crippen LogP contribution in [0.25, 0.3) is 0 Å². The monoisotopic (exact) mass is 444 g/mol. The molecular weight excluding hydrogens is 411 g/mol. The van der Waals surface area contributed by atoms with Crippen LogP contribution in [-0.2, 0) is 11.3 Å². The van der Waals surface area contributed by atoms with E-state index < -0.39 is 0 Å². The van der Waals surface area contributed by atoms with Crippen molar-refractivity contribution >= 4 is 5.96 Å². The summed E-state index contributed by atoms with van der Waals surface area (Å²) in [5, 5.41) is 6.55. The lowest BCUT2D eigenvalue weighted by atomic mass is 10.2. The Morgan fingerprint density at radius 1 is 1.12 bits per heavy atom. The van der Waals surface area contributed by atoms with Crippen molar-refractivity contribution in [2.24, 2.45) is 4.99 Å². The molecule has 1 fully saturated rings. The second kappa shape index (κ2) is 12.9. The highest BCUT2D eigenvalue weighted by Gasteiger charge is 2.10. The van der Waals surface area contributed by atoms with E-state index in [1.165, 1.54) is 12.1 Å². The highest BCUT2D eigenvalue weighted by molar-refractivity contribution is 5.79. The molecule has 2 aromatic carbocycles. The van der Waals surface area contributed by atoms with E-state index in [2.05, 4.69) is 26.6 Å². The van der Waals surface area contributed by atoms with Gasteiger partial charge in [0, 0.05) is 33.2 Å². The van der Waals surface area contributed by atoms with E-state index in [0.717, 1.165) is 44.2 Å². The van der Waals surface area contributed by atoms with Gasteiger partial charge in [-0.2, -0.15) is 0 Å². The van der Waals surface area contributed by atoms with Gasteiger partial charge in [-0.15, -0.1) is 0 Å². The number of morpholine rings is 1. The summed E-state index contributed by atoms with van der Waals surface area (Å²) in [5.41, 5.74) is 1.10. The van der Waals surface area contributed by atoms with E-state index in [9.17, 15) is 4.39 Å². The molecule has 0 aliphatic carbocycles. The maximum absolute atomic E-state index is 13.0. The maximum Gasteiger partial charge on any atom is 0.191 e. The number of hydrogen-bond acceptors (Lipinski definition) is 5. The number of aliphatic imine (C=N–C) groups is 1. The standard InChI is InChI=1S/C24H33FN4O3/c1-19(32-22-8-6-21(25)7-9-22)17-27-24(26-2)28-18-20-4-3-5-23(16-20)31-15-12-29-10-13-30-14-11-29/h3-9,16,19H,10-15,17-18H2,1-2H3,(H2,26,27,28). The third-order valence-electron chi connectivity index (χ3n) is 5.07. The lowest BCUT2D eigenvalue weighted by molar-refractivity contribution is 0.0322. The minimum atomic E-state index is -0.278. The van der Waals surface area contributed by atoms with Crippen molar-refractivity contribution in [3.05, 3.63) is 59.9 Å². The minimum absolute atomic E-state index is 0.109. The van der Waals surface area contributed by atoms with Gasteiger partial charge >= 0.3 is 0 Å². The van der Waals surface area contributed by atoms with Gasteiger partial charge in [0.15, 0.2) is 5.96 Å². The van der Waals surface area contributed by atoms with Gasteiger partial charge in [-0.05, 0) is 48.9 Å². The lowest BCUT2D eigenvalue weighted by Crippen LogP contribution is -2.41. The van der Waals surface area contributed by atoms with Gasteiger partial charge in [0.05, 0.1) is 19.8 Å². The molecule has 0 aromatic heterocycles. The molecule has 3 rings (SSSR count). The van der Waals surface area contributed by atoms with Gasteiger partial charge in [0.25, 0.3) is 0 Å². The van der Waals surface area contributed by atoms with Crippen LogP contribution in [0, 0.1) is 5.82 Å². The second-order valence-corrected chi connectivity index (χ2v) is 7.64. The number of nitrogens with zero attached hydrogens (tertiary/aromatic N) is 2. The Morgan fingerprint density at radius 3 is 2.66 bits per heavy atom. The summed E-state index contributed by atoms with van der Waals surface area (Å²) < 4.78 is 30.1. The predicted octanol–water partition coefficient (Wildman–Crippen LogP) is 2.67. The number of benzene rings is 2. The number of guanidine groups is 1. The summed E-state index contributed by atoms with van der Waals surface area (Å²) in [6, 6.07) is 14.1. The van der Waals surface area contributed by atoms with Crippen LogP contribution in [0.2, 0.25) is 0 Å². The molecule has 1 unspecified atom stereocenters. The van der Waals surface area contributed by atoms with Crippen LogP contribution in [0.3, 0.4) is 0 Å². The van der Waals surface area contributed by atoms with Gasteiger partial charge in [-0.3, -0.25) is 9.89 Å². The van der Waals surface area contributed by atoms with E-state index in [-0.39, 0.29) is 11.9 Å². The van der Waals surface area contributed by atoms with E-state index >= 15 is 0 Å². The third-order valence-corrected chi connectivity index (χ3v) is 5.07. The fourth-order valence-corrected chi connectivity index (χ4v) is 3.30. The average molecular weight is 445 g/mol. The zero-order valence-electron chi connectivity index (χ0n) is 18.9. The average Bonchev–Trinajstić information content (AvgIpc) is 2.82. The molecule has 1 saturated heterocycles. The summed E-state index contributed by atoms with van der Waals surface area (Å²) in [6.07, 6.45) is -0.109. The van der Waals surface area contributed by atoms with Gasteiger partial charge < -0.3 is 24.8 Å². The number of hydrogen-bond donors (Lipinski definition) is 2. The summed E-state index contributed by atoms with van der Waals surface area (Å²) in [6.45, 7) is 8.21. The van der Waals surface area contributed by atoms with Crippen molar-refractivity contribution in [1.82, 2.24) is 15.5 Å².